The fraction of sp³-hybridized carbons (Fsp3) is 0.286. The molecule has 0 aliphatic carbocycles. The van der Waals surface area contributed by atoms with E-state index in [1.807, 2.05) is 0 Å². The molecule has 0 saturated carbocycles. The van der Waals surface area contributed by atoms with E-state index in [4.69, 9.17) is 16.7 Å². The molecule has 0 amide bonds. The first kappa shape index (κ1) is 10.6. The second-order valence-electron chi connectivity index (χ2n) is 2.41. The maximum Gasteiger partial charge on any atom is 0.305 e. The van der Waals surface area contributed by atoms with Crippen LogP contribution in [0, 0.1) is 5.82 Å². The van der Waals surface area contributed by atoms with Crippen molar-refractivity contribution in [2.24, 2.45) is 0 Å². The minimum Gasteiger partial charge on any atom is -0.481 e. The predicted molar refractivity (Wildman–Crippen MR) is 47.7 cm³/mol. The van der Waals surface area contributed by atoms with Gasteiger partial charge in [-0.2, -0.15) is 4.98 Å². The molecule has 76 valence electrons. The number of hydrogen-bond donors (Lipinski definition) is 2. The lowest BCUT2D eigenvalue weighted by atomic mass is 10.4. The number of anilines is 1. The summed E-state index contributed by atoms with van der Waals surface area (Å²) >= 11 is 5.41. The van der Waals surface area contributed by atoms with Crippen molar-refractivity contribution in [1.29, 1.82) is 0 Å². The summed E-state index contributed by atoms with van der Waals surface area (Å²) in [6.07, 6.45) is 0.791. The van der Waals surface area contributed by atoms with Crippen LogP contribution in [-0.4, -0.2) is 27.6 Å². The van der Waals surface area contributed by atoms with Crippen molar-refractivity contribution in [2.45, 2.75) is 6.42 Å². The lowest BCUT2D eigenvalue weighted by molar-refractivity contribution is -0.136. The molecule has 7 heteroatoms. The van der Waals surface area contributed by atoms with Gasteiger partial charge >= 0.3 is 5.97 Å². The molecular weight excluding hydrogens is 213 g/mol. The molecule has 1 rings (SSSR count). The largest absolute Gasteiger partial charge is 0.481 e. The molecule has 0 unspecified atom stereocenters. The Labute approximate surface area is 83.9 Å². The minimum atomic E-state index is -0.974. The number of halogens is 2. The molecule has 0 radical (unpaired) electrons. The van der Waals surface area contributed by atoms with E-state index >= 15 is 0 Å². The second-order valence-corrected chi connectivity index (χ2v) is 2.74. The zero-order valence-corrected chi connectivity index (χ0v) is 7.75. The van der Waals surface area contributed by atoms with Crippen LogP contribution in [0.2, 0.25) is 5.28 Å². The smallest absolute Gasteiger partial charge is 0.305 e. The van der Waals surface area contributed by atoms with E-state index in [0.717, 1.165) is 6.20 Å². The fourth-order valence-electron chi connectivity index (χ4n) is 0.757. The van der Waals surface area contributed by atoms with Gasteiger partial charge in [0.05, 0.1) is 12.6 Å². The third-order valence-electron chi connectivity index (χ3n) is 1.35. The van der Waals surface area contributed by atoms with Gasteiger partial charge in [-0.3, -0.25) is 4.79 Å². The van der Waals surface area contributed by atoms with Gasteiger partial charge in [-0.15, -0.1) is 0 Å². The summed E-state index contributed by atoms with van der Waals surface area (Å²) in [6.45, 7) is 0.0829. The third kappa shape index (κ3) is 3.14. The van der Waals surface area contributed by atoms with Crippen molar-refractivity contribution in [3.05, 3.63) is 17.3 Å². The molecule has 0 aliphatic heterocycles. The monoisotopic (exact) mass is 219 g/mol. The molecule has 0 fully saturated rings. The molecule has 0 aromatic carbocycles. The Kier molecular flexibility index (Phi) is 3.58. The second kappa shape index (κ2) is 4.71. The summed E-state index contributed by atoms with van der Waals surface area (Å²) in [5.41, 5.74) is 0. The first-order valence-corrected chi connectivity index (χ1v) is 4.11. The van der Waals surface area contributed by atoms with Crippen LogP contribution in [0.3, 0.4) is 0 Å². The highest BCUT2D eigenvalue weighted by atomic mass is 35.5. The number of aromatic nitrogens is 2. The summed E-state index contributed by atoms with van der Waals surface area (Å²) in [7, 11) is 0. The maximum absolute atomic E-state index is 12.9. The van der Waals surface area contributed by atoms with Crippen LogP contribution in [0.15, 0.2) is 6.20 Å². The average molecular weight is 220 g/mol. The number of nitrogens with one attached hydrogen (secondary N) is 1. The van der Waals surface area contributed by atoms with Gasteiger partial charge in [-0.1, -0.05) is 0 Å². The zero-order valence-electron chi connectivity index (χ0n) is 7.00. The highest BCUT2D eigenvalue weighted by Crippen LogP contribution is 2.11. The number of hydrogen-bond acceptors (Lipinski definition) is 4. The van der Waals surface area contributed by atoms with E-state index in [0.29, 0.717) is 0 Å². The molecule has 0 atom stereocenters. The minimum absolute atomic E-state index is 0.0829. The van der Waals surface area contributed by atoms with Crippen LogP contribution in [0.25, 0.3) is 0 Å². The predicted octanol–water partition coefficient (Wildman–Crippen LogP) is 1.16. The quantitative estimate of drug-likeness (QED) is 0.744. The SMILES string of the molecule is O=C(O)CCNc1nc(Cl)ncc1F. The molecule has 1 heterocycles. The summed E-state index contributed by atoms with van der Waals surface area (Å²) in [5, 5.41) is 10.7. The zero-order chi connectivity index (χ0) is 10.6. The summed E-state index contributed by atoms with van der Waals surface area (Å²) in [6, 6.07) is 0. The molecule has 0 spiro atoms. The number of nitrogens with zero attached hydrogens (tertiary/aromatic N) is 2. The molecule has 0 saturated heterocycles. The normalized spacial score (nSPS) is 9.86. The highest BCUT2D eigenvalue weighted by molar-refractivity contribution is 6.28. The Morgan fingerprint density at radius 2 is 2.43 bits per heavy atom. The molecule has 0 bridgehead atoms. The van der Waals surface area contributed by atoms with Crippen LogP contribution in [0.1, 0.15) is 6.42 Å². The number of aliphatic carboxylic acids is 1. The molecule has 0 aliphatic rings. The Hall–Kier alpha value is -1.43. The standard InChI is InChI=1S/C7H7ClFN3O2/c8-7-11-3-4(9)6(12-7)10-2-1-5(13)14/h3H,1-2H2,(H,13,14)(H,10,11,12). The average Bonchev–Trinajstić information content (AvgIpc) is 2.10. The van der Waals surface area contributed by atoms with Crippen molar-refractivity contribution in [1.82, 2.24) is 9.97 Å². The molecule has 1 aromatic rings. The van der Waals surface area contributed by atoms with Gasteiger partial charge < -0.3 is 10.4 Å². The number of carboxylic acid groups (broad SMARTS) is 1. The van der Waals surface area contributed by atoms with Crippen molar-refractivity contribution in [3.63, 3.8) is 0 Å². The van der Waals surface area contributed by atoms with Crippen molar-refractivity contribution < 1.29 is 14.3 Å². The Balaban J connectivity index is 2.57. The van der Waals surface area contributed by atoms with Gasteiger partial charge in [0.1, 0.15) is 0 Å². The molecule has 14 heavy (non-hydrogen) atoms. The topological polar surface area (TPSA) is 75.1 Å². The fourth-order valence-corrected chi connectivity index (χ4v) is 0.891. The number of carboxylic acids is 1. The maximum atomic E-state index is 12.9. The summed E-state index contributed by atoms with van der Waals surface area (Å²) < 4.78 is 12.9. The van der Waals surface area contributed by atoms with E-state index in [1.54, 1.807) is 0 Å². The van der Waals surface area contributed by atoms with Gasteiger partial charge in [0, 0.05) is 6.54 Å². The first-order valence-electron chi connectivity index (χ1n) is 3.73. The van der Waals surface area contributed by atoms with Crippen LogP contribution >= 0.6 is 11.6 Å². The third-order valence-corrected chi connectivity index (χ3v) is 1.53. The highest BCUT2D eigenvalue weighted by Gasteiger charge is 2.05. The van der Waals surface area contributed by atoms with Gasteiger partial charge in [0.25, 0.3) is 0 Å². The van der Waals surface area contributed by atoms with Crippen LogP contribution in [0.5, 0.6) is 0 Å². The molecule has 1 aromatic heterocycles. The number of carbonyl (C=O) groups is 1. The Morgan fingerprint density at radius 1 is 1.71 bits per heavy atom. The van der Waals surface area contributed by atoms with Gasteiger partial charge in [0.2, 0.25) is 5.28 Å². The van der Waals surface area contributed by atoms with Crippen LogP contribution < -0.4 is 5.32 Å². The first-order chi connectivity index (χ1) is 6.59. The van der Waals surface area contributed by atoms with Crippen LogP contribution in [0.4, 0.5) is 10.2 Å². The van der Waals surface area contributed by atoms with E-state index in [-0.39, 0.29) is 24.1 Å². The van der Waals surface area contributed by atoms with Gasteiger partial charge in [-0.05, 0) is 11.6 Å². The van der Waals surface area contributed by atoms with Crippen molar-refractivity contribution in [2.75, 3.05) is 11.9 Å². The molecular formula is C7H7ClFN3O2. The van der Waals surface area contributed by atoms with E-state index < -0.39 is 11.8 Å². The lowest BCUT2D eigenvalue weighted by Gasteiger charge is -2.03. The molecule has 5 nitrogen and oxygen atoms in total. The van der Waals surface area contributed by atoms with Gasteiger partial charge in [0.15, 0.2) is 11.6 Å². The van der Waals surface area contributed by atoms with Gasteiger partial charge in [-0.25, -0.2) is 9.37 Å². The Morgan fingerprint density at radius 3 is 3.07 bits per heavy atom. The van der Waals surface area contributed by atoms with Crippen molar-refractivity contribution >= 4 is 23.4 Å². The Bertz CT molecular complexity index is 348. The van der Waals surface area contributed by atoms with Crippen molar-refractivity contribution in [3.8, 4) is 0 Å². The lowest BCUT2D eigenvalue weighted by Crippen LogP contribution is -2.10. The molecule has 2 N–H and O–H groups in total. The summed E-state index contributed by atoms with van der Waals surface area (Å²) in [5.74, 6) is -1.73. The van der Waals surface area contributed by atoms with Crippen LogP contribution in [-0.2, 0) is 4.79 Å². The van der Waals surface area contributed by atoms with E-state index in [9.17, 15) is 9.18 Å². The van der Waals surface area contributed by atoms with E-state index in [1.165, 1.54) is 0 Å². The summed E-state index contributed by atoms with van der Waals surface area (Å²) in [4.78, 5) is 17.1. The van der Waals surface area contributed by atoms with E-state index in [2.05, 4.69) is 15.3 Å². The number of rotatable bonds is 4.